The third-order valence-electron chi connectivity index (χ3n) is 5.15. The summed E-state index contributed by atoms with van der Waals surface area (Å²) in [5, 5.41) is 11.8. The highest BCUT2D eigenvalue weighted by atomic mass is 16.5. The highest BCUT2D eigenvalue weighted by Crippen LogP contribution is 2.23. The van der Waals surface area contributed by atoms with E-state index in [0.29, 0.717) is 18.8 Å². The molecule has 1 aliphatic heterocycles. The first-order chi connectivity index (χ1) is 13.7. The summed E-state index contributed by atoms with van der Waals surface area (Å²) in [6, 6.07) is 21.4. The fraction of sp³-hybridized carbons (Fsp3) is 0.261. The highest BCUT2D eigenvalue weighted by molar-refractivity contribution is 5.86. The van der Waals surface area contributed by atoms with Crippen LogP contribution < -0.4 is 9.64 Å². The van der Waals surface area contributed by atoms with Crippen molar-refractivity contribution in [2.45, 2.75) is 6.42 Å². The van der Waals surface area contributed by atoms with Gasteiger partial charge in [-0.25, -0.2) is 0 Å². The van der Waals surface area contributed by atoms with Gasteiger partial charge in [-0.2, -0.15) is 0 Å². The molecule has 28 heavy (non-hydrogen) atoms. The number of anilines is 1. The number of amides is 1. The van der Waals surface area contributed by atoms with Crippen molar-refractivity contribution in [1.29, 1.82) is 0 Å². The van der Waals surface area contributed by atoms with Crippen LogP contribution in [0.5, 0.6) is 11.5 Å². The third kappa shape index (κ3) is 4.19. The number of piperazine rings is 1. The second-order valence-corrected chi connectivity index (χ2v) is 6.99. The molecule has 0 aromatic heterocycles. The molecule has 1 heterocycles. The molecule has 0 spiro atoms. The molecule has 3 aromatic rings. The van der Waals surface area contributed by atoms with Gasteiger partial charge in [-0.15, -0.1) is 0 Å². The molecular formula is C23H24N2O3. The smallest absolute Gasteiger partial charge is 0.226 e. The first-order valence-electron chi connectivity index (χ1n) is 9.62. The number of fused-ring (bicyclic) bond motifs is 1. The molecule has 1 aliphatic rings. The quantitative estimate of drug-likeness (QED) is 0.738. The number of benzene rings is 3. The molecule has 144 valence electrons. The normalized spacial score (nSPS) is 14.3. The minimum Gasteiger partial charge on any atom is -0.508 e. The summed E-state index contributed by atoms with van der Waals surface area (Å²) in [7, 11) is 0. The number of carbonyl (C=O) groups excluding carboxylic acids is 1. The number of phenols is 1. The largest absolute Gasteiger partial charge is 0.508 e. The Balaban J connectivity index is 1.27. The molecule has 0 saturated carbocycles. The minimum atomic E-state index is 0.122. The average molecular weight is 376 g/mol. The molecule has 0 aliphatic carbocycles. The van der Waals surface area contributed by atoms with Gasteiger partial charge in [0, 0.05) is 31.9 Å². The highest BCUT2D eigenvalue weighted by Gasteiger charge is 2.21. The maximum atomic E-state index is 12.4. The van der Waals surface area contributed by atoms with Crippen molar-refractivity contribution < 1.29 is 14.6 Å². The Morgan fingerprint density at radius 2 is 1.61 bits per heavy atom. The second-order valence-electron chi connectivity index (χ2n) is 6.99. The number of phenolic OH excluding ortho intramolecular Hbond substituents is 1. The number of carbonyl (C=O) groups is 1. The average Bonchev–Trinajstić information content (AvgIpc) is 2.75. The van der Waals surface area contributed by atoms with Crippen LogP contribution in [0.25, 0.3) is 10.8 Å². The topological polar surface area (TPSA) is 53.0 Å². The van der Waals surface area contributed by atoms with Crippen LogP contribution in [-0.4, -0.2) is 48.7 Å². The third-order valence-corrected chi connectivity index (χ3v) is 5.15. The number of nitrogens with zero attached hydrogens (tertiary/aromatic N) is 2. The summed E-state index contributed by atoms with van der Waals surface area (Å²) in [4.78, 5) is 16.7. The Kier molecular flexibility index (Phi) is 5.33. The van der Waals surface area contributed by atoms with Gasteiger partial charge in [-0.05, 0) is 47.2 Å². The number of hydrogen-bond acceptors (Lipinski definition) is 4. The van der Waals surface area contributed by atoms with E-state index in [9.17, 15) is 9.90 Å². The van der Waals surface area contributed by atoms with Crippen LogP contribution in [0.1, 0.15) is 6.42 Å². The van der Waals surface area contributed by atoms with Crippen molar-refractivity contribution in [2.24, 2.45) is 0 Å². The summed E-state index contributed by atoms with van der Waals surface area (Å²) >= 11 is 0. The molecule has 5 nitrogen and oxygen atoms in total. The van der Waals surface area contributed by atoms with E-state index in [4.69, 9.17) is 4.74 Å². The first kappa shape index (κ1) is 18.2. The van der Waals surface area contributed by atoms with Crippen LogP contribution in [-0.2, 0) is 4.79 Å². The van der Waals surface area contributed by atoms with Gasteiger partial charge in [0.25, 0.3) is 0 Å². The Labute approximate surface area is 164 Å². The standard InChI is InChI=1S/C23H24N2O3/c26-21-7-9-22(10-8-21)28-16-11-23(27)25-14-12-24(13-15-25)20-6-5-18-3-1-2-4-19(18)17-20/h1-10,17,26H,11-16H2. The molecule has 1 N–H and O–H groups in total. The summed E-state index contributed by atoms with van der Waals surface area (Å²) < 4.78 is 5.58. The summed E-state index contributed by atoms with van der Waals surface area (Å²) in [5.74, 6) is 0.983. The lowest BCUT2D eigenvalue weighted by molar-refractivity contribution is -0.132. The van der Waals surface area contributed by atoms with Gasteiger partial charge in [-0.3, -0.25) is 4.79 Å². The maximum Gasteiger partial charge on any atom is 0.226 e. The first-order valence-corrected chi connectivity index (χ1v) is 9.62. The Morgan fingerprint density at radius 1 is 0.893 bits per heavy atom. The second kappa shape index (κ2) is 8.21. The maximum absolute atomic E-state index is 12.4. The van der Waals surface area contributed by atoms with E-state index < -0.39 is 0 Å². The fourth-order valence-electron chi connectivity index (χ4n) is 3.54. The SMILES string of the molecule is O=C(CCOc1ccc(O)cc1)N1CCN(c2ccc3ccccc3c2)CC1. The fourth-order valence-corrected chi connectivity index (χ4v) is 3.54. The van der Waals surface area contributed by atoms with E-state index >= 15 is 0 Å². The monoisotopic (exact) mass is 376 g/mol. The lowest BCUT2D eigenvalue weighted by Crippen LogP contribution is -2.49. The van der Waals surface area contributed by atoms with Crippen molar-refractivity contribution in [3.63, 3.8) is 0 Å². The summed E-state index contributed by atoms with van der Waals surface area (Å²) in [5.41, 5.74) is 1.21. The molecule has 5 heteroatoms. The van der Waals surface area contributed by atoms with Gasteiger partial charge >= 0.3 is 0 Å². The van der Waals surface area contributed by atoms with Crippen LogP contribution in [0.3, 0.4) is 0 Å². The van der Waals surface area contributed by atoms with Crippen LogP contribution in [0.15, 0.2) is 66.7 Å². The Bertz CT molecular complexity index is 947. The van der Waals surface area contributed by atoms with E-state index in [1.165, 1.54) is 16.5 Å². The summed E-state index contributed by atoms with van der Waals surface area (Å²) in [6.45, 7) is 3.47. The van der Waals surface area contributed by atoms with Crippen molar-refractivity contribution >= 4 is 22.4 Å². The van der Waals surface area contributed by atoms with E-state index in [1.54, 1.807) is 24.3 Å². The number of aromatic hydroxyl groups is 1. The predicted octanol–water partition coefficient (Wildman–Crippen LogP) is 3.66. The molecule has 0 bridgehead atoms. The van der Waals surface area contributed by atoms with E-state index in [2.05, 4.69) is 47.4 Å². The van der Waals surface area contributed by atoms with Crippen LogP contribution >= 0.6 is 0 Å². The van der Waals surface area contributed by atoms with Gasteiger partial charge < -0.3 is 19.6 Å². The zero-order chi connectivity index (χ0) is 19.3. The zero-order valence-corrected chi connectivity index (χ0v) is 15.8. The molecule has 0 radical (unpaired) electrons. The Hall–Kier alpha value is -3.21. The van der Waals surface area contributed by atoms with Gasteiger partial charge in [-0.1, -0.05) is 30.3 Å². The predicted molar refractivity (Wildman–Crippen MR) is 111 cm³/mol. The molecule has 0 atom stereocenters. The lowest BCUT2D eigenvalue weighted by Gasteiger charge is -2.36. The van der Waals surface area contributed by atoms with Gasteiger partial charge in [0.1, 0.15) is 11.5 Å². The Morgan fingerprint density at radius 3 is 2.36 bits per heavy atom. The molecule has 1 amide bonds. The van der Waals surface area contributed by atoms with Crippen molar-refractivity contribution in [2.75, 3.05) is 37.7 Å². The van der Waals surface area contributed by atoms with Gasteiger partial charge in [0.2, 0.25) is 5.91 Å². The van der Waals surface area contributed by atoms with Crippen molar-refractivity contribution in [3.05, 3.63) is 66.7 Å². The molecule has 1 saturated heterocycles. The van der Waals surface area contributed by atoms with Crippen molar-refractivity contribution in [1.82, 2.24) is 4.90 Å². The van der Waals surface area contributed by atoms with Crippen LogP contribution in [0, 0.1) is 0 Å². The summed E-state index contributed by atoms with van der Waals surface area (Å²) in [6.07, 6.45) is 0.358. The number of ether oxygens (including phenoxy) is 1. The molecule has 4 rings (SSSR count). The number of hydrogen-bond donors (Lipinski definition) is 1. The minimum absolute atomic E-state index is 0.122. The molecule has 1 fully saturated rings. The van der Waals surface area contributed by atoms with E-state index in [1.807, 2.05) is 4.90 Å². The van der Waals surface area contributed by atoms with Gasteiger partial charge in [0.05, 0.1) is 13.0 Å². The molecule has 3 aromatic carbocycles. The zero-order valence-electron chi connectivity index (χ0n) is 15.8. The number of rotatable bonds is 5. The van der Waals surface area contributed by atoms with Gasteiger partial charge in [0.15, 0.2) is 0 Å². The van der Waals surface area contributed by atoms with Crippen LogP contribution in [0.4, 0.5) is 5.69 Å². The van der Waals surface area contributed by atoms with Crippen LogP contribution in [0.2, 0.25) is 0 Å². The molecule has 0 unspecified atom stereocenters. The van der Waals surface area contributed by atoms with Crippen molar-refractivity contribution in [3.8, 4) is 11.5 Å². The lowest BCUT2D eigenvalue weighted by atomic mass is 10.1. The van der Waals surface area contributed by atoms with E-state index in [0.717, 1.165) is 26.2 Å². The van der Waals surface area contributed by atoms with E-state index in [-0.39, 0.29) is 11.7 Å². The molecular weight excluding hydrogens is 352 g/mol.